The summed E-state index contributed by atoms with van der Waals surface area (Å²) in [6, 6.07) is 8.71. The SMILES string of the molecule is CN=CC1CN(C2CCN(c3cc(C(=O)OC)nc4c3c(C3CCC3)nn4-c3ccc(F)cc3)CC2)C1. The molecule has 9 heteroatoms. The van der Waals surface area contributed by atoms with Crippen LogP contribution in [0.5, 0.6) is 0 Å². The number of pyridine rings is 1. The van der Waals surface area contributed by atoms with Gasteiger partial charge in [0, 0.05) is 57.3 Å². The van der Waals surface area contributed by atoms with Crippen molar-refractivity contribution in [3.05, 3.63) is 47.5 Å². The molecule has 2 saturated heterocycles. The summed E-state index contributed by atoms with van der Waals surface area (Å²) >= 11 is 0. The Morgan fingerprint density at radius 3 is 2.49 bits per heavy atom. The number of hydrogen-bond acceptors (Lipinski definition) is 7. The lowest BCUT2D eigenvalue weighted by Gasteiger charge is -2.46. The van der Waals surface area contributed by atoms with Gasteiger partial charge >= 0.3 is 5.97 Å². The van der Waals surface area contributed by atoms with Crippen molar-refractivity contribution in [3.63, 3.8) is 0 Å². The zero-order valence-corrected chi connectivity index (χ0v) is 21.4. The van der Waals surface area contributed by atoms with Gasteiger partial charge in [0.1, 0.15) is 5.82 Å². The number of piperidine rings is 1. The molecule has 0 atom stereocenters. The summed E-state index contributed by atoms with van der Waals surface area (Å²) in [5, 5.41) is 6.02. The number of benzene rings is 1. The third-order valence-corrected chi connectivity index (χ3v) is 8.22. The number of ether oxygens (including phenoxy) is 1. The summed E-state index contributed by atoms with van der Waals surface area (Å²) in [5.41, 5.74) is 3.63. The van der Waals surface area contributed by atoms with Crippen LogP contribution < -0.4 is 4.90 Å². The number of anilines is 1. The van der Waals surface area contributed by atoms with Gasteiger partial charge < -0.3 is 14.6 Å². The maximum absolute atomic E-state index is 13.7. The second-order valence-corrected chi connectivity index (χ2v) is 10.5. The molecular weight excluding hydrogens is 471 g/mol. The van der Waals surface area contributed by atoms with Crippen LogP contribution in [-0.2, 0) is 4.74 Å². The van der Waals surface area contributed by atoms with E-state index in [9.17, 15) is 9.18 Å². The lowest BCUT2D eigenvalue weighted by molar-refractivity contribution is 0.0594. The molecule has 6 rings (SSSR count). The summed E-state index contributed by atoms with van der Waals surface area (Å²) in [6.45, 7) is 3.98. The smallest absolute Gasteiger partial charge is 0.356 e. The fraction of sp³-hybridized carbons (Fsp3) is 0.500. The molecule has 194 valence electrons. The lowest BCUT2D eigenvalue weighted by atomic mass is 9.82. The topological polar surface area (TPSA) is 75.8 Å². The molecule has 8 nitrogen and oxygen atoms in total. The first-order chi connectivity index (χ1) is 18.1. The minimum Gasteiger partial charge on any atom is -0.464 e. The summed E-state index contributed by atoms with van der Waals surface area (Å²) in [4.78, 5) is 26.5. The number of fused-ring (bicyclic) bond motifs is 1. The third-order valence-electron chi connectivity index (χ3n) is 8.22. The van der Waals surface area contributed by atoms with Crippen molar-refractivity contribution in [3.8, 4) is 5.69 Å². The monoisotopic (exact) mass is 504 g/mol. The maximum Gasteiger partial charge on any atom is 0.356 e. The predicted octanol–water partition coefficient (Wildman–Crippen LogP) is 4.21. The molecule has 0 unspecified atom stereocenters. The van der Waals surface area contributed by atoms with Crippen LogP contribution in [0, 0.1) is 11.7 Å². The molecular formula is C28H33FN6O2. The Labute approximate surface area is 216 Å². The van der Waals surface area contributed by atoms with Crippen LogP contribution in [0.25, 0.3) is 16.7 Å². The highest BCUT2D eigenvalue weighted by Gasteiger charge is 2.35. The zero-order chi connectivity index (χ0) is 25.5. The summed E-state index contributed by atoms with van der Waals surface area (Å²) in [5.74, 6) is 0.165. The number of aromatic nitrogens is 3. The van der Waals surface area contributed by atoms with E-state index in [1.165, 1.54) is 25.7 Å². The molecule has 3 fully saturated rings. The van der Waals surface area contributed by atoms with Crippen molar-refractivity contribution in [2.75, 3.05) is 45.2 Å². The highest BCUT2D eigenvalue weighted by Crippen LogP contribution is 2.43. The van der Waals surface area contributed by atoms with Gasteiger partial charge in [-0.1, -0.05) is 6.42 Å². The normalized spacial score (nSPS) is 19.9. The Bertz CT molecular complexity index is 1320. The van der Waals surface area contributed by atoms with E-state index in [1.54, 1.807) is 16.8 Å². The Balaban J connectivity index is 1.38. The van der Waals surface area contributed by atoms with Crippen LogP contribution in [0.15, 0.2) is 35.3 Å². The van der Waals surface area contributed by atoms with Crippen LogP contribution in [0.3, 0.4) is 0 Å². The van der Waals surface area contributed by atoms with Gasteiger partial charge in [-0.05, 0) is 56.0 Å². The highest BCUT2D eigenvalue weighted by molar-refractivity contribution is 5.99. The number of rotatable bonds is 6. The Hall–Kier alpha value is -3.33. The van der Waals surface area contributed by atoms with Crippen LogP contribution in [0.1, 0.15) is 54.2 Å². The average Bonchev–Trinajstić information content (AvgIpc) is 3.23. The van der Waals surface area contributed by atoms with Gasteiger partial charge in [-0.3, -0.25) is 4.90 Å². The van der Waals surface area contributed by atoms with Gasteiger partial charge in [-0.15, -0.1) is 0 Å². The molecule has 1 saturated carbocycles. The van der Waals surface area contributed by atoms with Crippen molar-refractivity contribution in [2.24, 2.45) is 10.9 Å². The van der Waals surface area contributed by atoms with Crippen LogP contribution >= 0.6 is 0 Å². The maximum atomic E-state index is 13.7. The van der Waals surface area contributed by atoms with Crippen LogP contribution in [0.2, 0.25) is 0 Å². The van der Waals surface area contributed by atoms with Gasteiger partial charge in [-0.2, -0.15) is 5.10 Å². The third kappa shape index (κ3) is 4.39. The van der Waals surface area contributed by atoms with Crippen molar-refractivity contribution >= 4 is 28.9 Å². The van der Waals surface area contributed by atoms with E-state index < -0.39 is 5.97 Å². The first-order valence-corrected chi connectivity index (χ1v) is 13.2. The van der Waals surface area contributed by atoms with E-state index in [-0.39, 0.29) is 11.5 Å². The van der Waals surface area contributed by atoms with Crippen LogP contribution in [-0.4, -0.2) is 78.2 Å². The number of carbonyl (C=O) groups is 1. The zero-order valence-electron chi connectivity index (χ0n) is 21.4. The second-order valence-electron chi connectivity index (χ2n) is 10.5. The van der Waals surface area contributed by atoms with E-state index >= 15 is 0 Å². The molecule has 0 amide bonds. The van der Waals surface area contributed by atoms with Crippen LogP contribution in [0.4, 0.5) is 10.1 Å². The molecule has 1 aromatic carbocycles. The second kappa shape index (κ2) is 9.85. The average molecular weight is 505 g/mol. The quantitative estimate of drug-likeness (QED) is 0.370. The van der Waals surface area contributed by atoms with Gasteiger partial charge in [0.05, 0.1) is 29.6 Å². The molecule has 0 N–H and O–H groups in total. The molecule has 1 aliphatic carbocycles. The minimum atomic E-state index is -0.473. The molecule has 37 heavy (non-hydrogen) atoms. The fourth-order valence-corrected chi connectivity index (χ4v) is 5.94. The number of likely N-dealkylation sites (tertiary alicyclic amines) is 1. The summed E-state index contributed by atoms with van der Waals surface area (Å²) in [6.07, 6.45) is 7.56. The predicted molar refractivity (Wildman–Crippen MR) is 141 cm³/mol. The lowest BCUT2D eigenvalue weighted by Crippen LogP contribution is -2.55. The van der Waals surface area contributed by atoms with Gasteiger partial charge in [0.15, 0.2) is 11.3 Å². The molecule has 2 aliphatic heterocycles. The van der Waals surface area contributed by atoms with Crippen molar-refractivity contribution in [1.29, 1.82) is 0 Å². The summed E-state index contributed by atoms with van der Waals surface area (Å²) in [7, 11) is 3.22. The number of aliphatic imine (C=N–C) groups is 1. The van der Waals surface area contributed by atoms with Gasteiger partial charge in [0.2, 0.25) is 0 Å². The van der Waals surface area contributed by atoms with Gasteiger partial charge in [0.25, 0.3) is 0 Å². The molecule has 0 spiro atoms. The number of esters is 1. The Kier molecular flexibility index (Phi) is 6.40. The number of halogens is 1. The molecule has 0 bridgehead atoms. The number of methoxy groups -OCH3 is 1. The van der Waals surface area contributed by atoms with E-state index in [4.69, 9.17) is 14.8 Å². The number of nitrogens with zero attached hydrogens (tertiary/aromatic N) is 6. The molecule has 3 aromatic rings. The molecule has 3 aliphatic rings. The Morgan fingerprint density at radius 2 is 1.86 bits per heavy atom. The standard InChI is InChI=1S/C28H33FN6O2/c1-30-15-18-16-34(17-18)21-10-12-33(13-11-21)24-14-23(28(36)37-2)31-27-25(24)26(19-4-3-5-19)32-35(27)22-8-6-20(29)7-9-22/h6-9,14-15,18-19,21H,3-5,10-13,16-17H2,1-2H3. The molecule has 4 heterocycles. The summed E-state index contributed by atoms with van der Waals surface area (Å²) < 4.78 is 20.5. The Morgan fingerprint density at radius 1 is 1.14 bits per heavy atom. The fourth-order valence-electron chi connectivity index (χ4n) is 5.94. The first kappa shape index (κ1) is 24.0. The van der Waals surface area contributed by atoms with E-state index in [0.29, 0.717) is 23.5 Å². The minimum absolute atomic E-state index is 0.264. The van der Waals surface area contributed by atoms with Gasteiger partial charge in [-0.25, -0.2) is 18.9 Å². The number of hydrogen-bond donors (Lipinski definition) is 0. The van der Waals surface area contributed by atoms with E-state index in [0.717, 1.165) is 74.3 Å². The highest BCUT2D eigenvalue weighted by atomic mass is 19.1. The first-order valence-electron chi connectivity index (χ1n) is 13.2. The number of carbonyl (C=O) groups excluding carboxylic acids is 1. The van der Waals surface area contributed by atoms with Crippen molar-refractivity contribution in [1.82, 2.24) is 19.7 Å². The largest absolute Gasteiger partial charge is 0.464 e. The van der Waals surface area contributed by atoms with E-state index in [2.05, 4.69) is 21.0 Å². The molecule has 2 aromatic heterocycles. The van der Waals surface area contributed by atoms with Crippen molar-refractivity contribution < 1.29 is 13.9 Å². The molecule has 0 radical (unpaired) electrons. The van der Waals surface area contributed by atoms with E-state index in [1.807, 2.05) is 13.1 Å². The van der Waals surface area contributed by atoms with Crippen molar-refractivity contribution in [2.45, 2.75) is 44.1 Å².